The second-order valence-corrected chi connectivity index (χ2v) is 4.93. The summed E-state index contributed by atoms with van der Waals surface area (Å²) in [6.45, 7) is 0. The fraction of sp³-hybridized carbons (Fsp3) is 0. The monoisotopic (exact) mass is 324 g/mol. The quantitative estimate of drug-likeness (QED) is 0.654. The molecule has 5 heteroatoms. The van der Waals surface area contributed by atoms with Gasteiger partial charge >= 0.3 is 0 Å². The van der Waals surface area contributed by atoms with Crippen LogP contribution in [0.5, 0.6) is 5.75 Å². The topological polar surface area (TPSA) is 44.6 Å². The smallest absolute Gasteiger partial charge is 0.124 e. The predicted molar refractivity (Wildman–Crippen MR) is 78.5 cm³/mol. The molecule has 0 unspecified atom stereocenters. The highest BCUT2D eigenvalue weighted by atomic mass is 79.9. The van der Waals surface area contributed by atoms with E-state index < -0.39 is 0 Å². The Labute approximate surface area is 118 Å². The molecule has 18 heavy (non-hydrogen) atoms. The summed E-state index contributed by atoms with van der Waals surface area (Å²) in [5, 5.41) is 14.3. The maximum Gasteiger partial charge on any atom is 0.124 e. The first-order valence-electron chi connectivity index (χ1n) is 5.18. The van der Waals surface area contributed by atoms with Crippen LogP contribution in [0.1, 0.15) is 5.56 Å². The zero-order chi connectivity index (χ0) is 13.0. The minimum atomic E-state index is 0.180. The van der Waals surface area contributed by atoms with Crippen molar-refractivity contribution in [2.75, 3.05) is 5.43 Å². The van der Waals surface area contributed by atoms with Gasteiger partial charge in [-0.1, -0.05) is 27.5 Å². The van der Waals surface area contributed by atoms with Gasteiger partial charge in [-0.15, -0.1) is 0 Å². The van der Waals surface area contributed by atoms with E-state index in [1.165, 1.54) is 0 Å². The van der Waals surface area contributed by atoms with Gasteiger partial charge in [0.05, 0.1) is 11.9 Å². The average molecular weight is 326 g/mol. The summed E-state index contributed by atoms with van der Waals surface area (Å²) in [4.78, 5) is 0. The summed E-state index contributed by atoms with van der Waals surface area (Å²) < 4.78 is 0.883. The molecule has 2 N–H and O–H groups in total. The molecule has 2 aromatic rings. The lowest BCUT2D eigenvalue weighted by molar-refractivity contribution is 0.474. The fourth-order valence-corrected chi connectivity index (χ4v) is 1.83. The van der Waals surface area contributed by atoms with Gasteiger partial charge in [0.1, 0.15) is 5.75 Å². The first-order valence-corrected chi connectivity index (χ1v) is 6.35. The van der Waals surface area contributed by atoms with Gasteiger partial charge in [-0.25, -0.2) is 0 Å². The maximum atomic E-state index is 9.61. The highest BCUT2D eigenvalue weighted by Gasteiger charge is 1.98. The van der Waals surface area contributed by atoms with Crippen molar-refractivity contribution in [3.8, 4) is 5.75 Å². The number of hydrazone groups is 1. The number of aromatic hydroxyl groups is 1. The first-order chi connectivity index (χ1) is 8.65. The number of nitrogens with one attached hydrogen (secondary N) is 1. The molecule has 0 fully saturated rings. The van der Waals surface area contributed by atoms with E-state index in [1.807, 2.05) is 12.1 Å². The molecular formula is C13H10BrClN2O. The molecule has 0 bridgehead atoms. The minimum absolute atomic E-state index is 0.180. The van der Waals surface area contributed by atoms with Crippen LogP contribution in [0.25, 0.3) is 0 Å². The van der Waals surface area contributed by atoms with E-state index in [-0.39, 0.29) is 5.75 Å². The molecule has 0 heterocycles. The van der Waals surface area contributed by atoms with Gasteiger partial charge in [-0.05, 0) is 42.5 Å². The summed E-state index contributed by atoms with van der Waals surface area (Å²) in [5.74, 6) is 0.180. The van der Waals surface area contributed by atoms with Crippen molar-refractivity contribution in [2.45, 2.75) is 0 Å². The number of rotatable bonds is 3. The largest absolute Gasteiger partial charge is 0.507 e. The number of benzene rings is 2. The molecule has 2 aromatic carbocycles. The lowest BCUT2D eigenvalue weighted by Crippen LogP contribution is -1.90. The van der Waals surface area contributed by atoms with Crippen LogP contribution in [0.3, 0.4) is 0 Å². The molecule has 0 aliphatic rings. The summed E-state index contributed by atoms with van der Waals surface area (Å²) in [5.41, 5.74) is 4.31. The number of halogens is 2. The van der Waals surface area contributed by atoms with Gasteiger partial charge in [0.25, 0.3) is 0 Å². The van der Waals surface area contributed by atoms with Gasteiger partial charge in [0.15, 0.2) is 0 Å². The van der Waals surface area contributed by atoms with Crippen LogP contribution in [0.15, 0.2) is 52.0 Å². The Morgan fingerprint density at radius 1 is 1.17 bits per heavy atom. The molecule has 0 saturated heterocycles. The number of phenolic OH excluding ortho intramolecular Hbond substituents is 1. The Hall–Kier alpha value is -1.52. The number of hydrogen-bond donors (Lipinski definition) is 2. The van der Waals surface area contributed by atoms with Crippen molar-refractivity contribution in [1.29, 1.82) is 0 Å². The lowest BCUT2D eigenvalue weighted by Gasteiger charge is -2.01. The van der Waals surface area contributed by atoms with Crippen LogP contribution in [0.4, 0.5) is 5.69 Å². The molecule has 0 aromatic heterocycles. The highest BCUT2D eigenvalue weighted by molar-refractivity contribution is 9.10. The molecule has 0 atom stereocenters. The van der Waals surface area contributed by atoms with Gasteiger partial charge in [-0.3, -0.25) is 5.43 Å². The van der Waals surface area contributed by atoms with Crippen molar-refractivity contribution in [3.05, 3.63) is 57.5 Å². The third-order valence-electron chi connectivity index (χ3n) is 2.23. The van der Waals surface area contributed by atoms with E-state index >= 15 is 0 Å². The third kappa shape index (κ3) is 3.48. The van der Waals surface area contributed by atoms with E-state index in [1.54, 1.807) is 36.5 Å². The lowest BCUT2D eigenvalue weighted by atomic mass is 10.2. The van der Waals surface area contributed by atoms with Crippen molar-refractivity contribution in [2.24, 2.45) is 5.10 Å². The average Bonchev–Trinajstić information content (AvgIpc) is 2.36. The summed E-state index contributed by atoms with van der Waals surface area (Å²) in [6, 6.07) is 12.3. The van der Waals surface area contributed by atoms with Gasteiger partial charge in [-0.2, -0.15) is 5.10 Å². The molecule has 3 nitrogen and oxygen atoms in total. The second kappa shape index (κ2) is 5.89. The number of anilines is 1. The predicted octanol–water partition coefficient (Wildman–Crippen LogP) is 4.25. The Morgan fingerprint density at radius 2 is 1.89 bits per heavy atom. The van der Waals surface area contributed by atoms with E-state index in [0.29, 0.717) is 10.6 Å². The number of phenols is 1. The van der Waals surface area contributed by atoms with Crippen LogP contribution in [-0.2, 0) is 0 Å². The Balaban J connectivity index is 2.07. The van der Waals surface area contributed by atoms with Gasteiger partial charge in [0, 0.05) is 15.1 Å². The second-order valence-electron chi connectivity index (χ2n) is 3.58. The molecule has 0 aliphatic heterocycles. The summed E-state index contributed by atoms with van der Waals surface area (Å²) in [6.07, 6.45) is 1.55. The highest BCUT2D eigenvalue weighted by Crippen LogP contribution is 2.20. The molecular weight excluding hydrogens is 316 g/mol. The van der Waals surface area contributed by atoms with Gasteiger partial charge < -0.3 is 5.11 Å². The Morgan fingerprint density at radius 3 is 2.61 bits per heavy atom. The van der Waals surface area contributed by atoms with Gasteiger partial charge in [0.2, 0.25) is 0 Å². The zero-order valence-electron chi connectivity index (χ0n) is 9.27. The Bertz CT molecular complexity index is 570. The third-order valence-corrected chi connectivity index (χ3v) is 2.98. The first kappa shape index (κ1) is 12.9. The molecule has 2 rings (SSSR count). The normalized spacial score (nSPS) is 10.8. The van der Waals surface area contributed by atoms with E-state index in [4.69, 9.17) is 11.6 Å². The molecule has 0 spiro atoms. The zero-order valence-corrected chi connectivity index (χ0v) is 11.6. The van der Waals surface area contributed by atoms with Crippen molar-refractivity contribution in [1.82, 2.24) is 0 Å². The maximum absolute atomic E-state index is 9.61. The van der Waals surface area contributed by atoms with Crippen LogP contribution in [-0.4, -0.2) is 11.3 Å². The number of nitrogens with zero attached hydrogens (tertiary/aromatic N) is 1. The van der Waals surface area contributed by atoms with E-state index in [9.17, 15) is 5.11 Å². The standard InChI is InChI=1S/C13H10BrClN2O/c14-10-1-6-13(18)9(7-10)8-16-17-12-4-2-11(15)3-5-12/h1-8,17-18H. The van der Waals surface area contributed by atoms with Crippen LogP contribution >= 0.6 is 27.5 Å². The van der Waals surface area contributed by atoms with Crippen molar-refractivity contribution < 1.29 is 5.11 Å². The molecule has 0 amide bonds. The summed E-state index contributed by atoms with van der Waals surface area (Å²) in [7, 11) is 0. The minimum Gasteiger partial charge on any atom is -0.507 e. The fourth-order valence-electron chi connectivity index (χ4n) is 1.33. The van der Waals surface area contributed by atoms with Crippen LogP contribution in [0.2, 0.25) is 5.02 Å². The SMILES string of the molecule is Oc1ccc(Br)cc1C=NNc1ccc(Cl)cc1. The van der Waals surface area contributed by atoms with Crippen molar-refractivity contribution >= 4 is 39.4 Å². The Kier molecular flexibility index (Phi) is 4.23. The number of hydrogen-bond acceptors (Lipinski definition) is 3. The molecule has 0 radical (unpaired) electrons. The summed E-state index contributed by atoms with van der Waals surface area (Å²) >= 11 is 9.11. The molecule has 92 valence electrons. The van der Waals surface area contributed by atoms with Crippen molar-refractivity contribution in [3.63, 3.8) is 0 Å². The van der Waals surface area contributed by atoms with Crippen LogP contribution in [0, 0.1) is 0 Å². The molecule has 0 aliphatic carbocycles. The van der Waals surface area contributed by atoms with E-state index in [0.717, 1.165) is 10.2 Å². The van der Waals surface area contributed by atoms with Crippen LogP contribution < -0.4 is 5.43 Å². The van der Waals surface area contributed by atoms with E-state index in [2.05, 4.69) is 26.5 Å². The molecule has 0 saturated carbocycles.